The zero-order valence-corrected chi connectivity index (χ0v) is 11.6. The number of non-ortho nitro benzene ring substituents is 1. The van der Waals surface area contributed by atoms with Crippen molar-refractivity contribution in [3.8, 4) is 0 Å². The van der Waals surface area contributed by atoms with Gasteiger partial charge in [-0.3, -0.25) is 15.5 Å². The summed E-state index contributed by atoms with van der Waals surface area (Å²) < 4.78 is 0. The molecule has 5 nitrogen and oxygen atoms in total. The molecule has 0 heterocycles. The summed E-state index contributed by atoms with van der Waals surface area (Å²) in [5.41, 5.74) is 4.70. The number of nitrogens with one attached hydrogen (secondary N) is 1. The van der Waals surface area contributed by atoms with E-state index in [9.17, 15) is 10.1 Å². The van der Waals surface area contributed by atoms with E-state index in [-0.39, 0.29) is 5.69 Å². The van der Waals surface area contributed by atoms with Crippen molar-refractivity contribution in [3.63, 3.8) is 0 Å². The van der Waals surface area contributed by atoms with E-state index in [1.807, 2.05) is 36.4 Å². The molecule has 108 valence electrons. The zero-order valence-electron chi connectivity index (χ0n) is 11.6. The molecule has 5 heteroatoms. The summed E-state index contributed by atoms with van der Waals surface area (Å²) in [5, 5.41) is 17.0. The Kier molecular flexibility index (Phi) is 3.78. The number of nitro groups is 1. The van der Waals surface area contributed by atoms with E-state index in [1.54, 1.807) is 18.3 Å². The Balaban J connectivity index is 1.71. The van der Waals surface area contributed by atoms with Gasteiger partial charge in [0.2, 0.25) is 0 Å². The third kappa shape index (κ3) is 3.09. The van der Waals surface area contributed by atoms with E-state index < -0.39 is 4.92 Å². The lowest BCUT2D eigenvalue weighted by Crippen LogP contribution is -1.92. The minimum atomic E-state index is -0.422. The third-order valence-electron chi connectivity index (χ3n) is 3.26. The number of anilines is 1. The standard InChI is InChI=1S/C17H13N3O2/c21-20(22)17-9-5-13(6-10-17)12-18-19-16-8-7-14-3-1-2-4-15(14)11-16/h1-12,19H. The Bertz CT molecular complexity index is 842. The van der Waals surface area contributed by atoms with Gasteiger partial charge >= 0.3 is 0 Å². The van der Waals surface area contributed by atoms with Crippen molar-refractivity contribution in [2.75, 3.05) is 5.43 Å². The first-order valence-corrected chi connectivity index (χ1v) is 6.75. The topological polar surface area (TPSA) is 67.5 Å². The van der Waals surface area contributed by atoms with Gasteiger partial charge in [-0.25, -0.2) is 0 Å². The molecule has 3 aromatic carbocycles. The van der Waals surface area contributed by atoms with Crippen molar-refractivity contribution < 1.29 is 4.92 Å². The average Bonchev–Trinajstić information content (AvgIpc) is 2.55. The van der Waals surface area contributed by atoms with Gasteiger partial charge in [0.25, 0.3) is 5.69 Å². The summed E-state index contributed by atoms with van der Waals surface area (Å²) in [4.78, 5) is 10.2. The highest BCUT2D eigenvalue weighted by Crippen LogP contribution is 2.18. The molecular weight excluding hydrogens is 278 g/mol. The molecular formula is C17H13N3O2. The van der Waals surface area contributed by atoms with Crippen molar-refractivity contribution in [2.24, 2.45) is 5.10 Å². The van der Waals surface area contributed by atoms with Crippen LogP contribution in [0.25, 0.3) is 10.8 Å². The van der Waals surface area contributed by atoms with Gasteiger partial charge in [0, 0.05) is 12.1 Å². The lowest BCUT2D eigenvalue weighted by Gasteiger charge is -2.02. The fraction of sp³-hybridized carbons (Fsp3) is 0. The molecule has 0 unspecified atom stereocenters. The van der Waals surface area contributed by atoms with Crippen LogP contribution in [0.1, 0.15) is 5.56 Å². The summed E-state index contributed by atoms with van der Waals surface area (Å²) in [5.74, 6) is 0. The van der Waals surface area contributed by atoms with Gasteiger partial charge < -0.3 is 0 Å². The molecule has 0 atom stereocenters. The number of nitrogens with zero attached hydrogens (tertiary/aromatic N) is 2. The van der Waals surface area contributed by atoms with Gasteiger partial charge in [-0.15, -0.1) is 0 Å². The highest BCUT2D eigenvalue weighted by Gasteiger charge is 2.02. The maximum atomic E-state index is 10.6. The third-order valence-corrected chi connectivity index (χ3v) is 3.26. The predicted molar refractivity (Wildman–Crippen MR) is 88.3 cm³/mol. The summed E-state index contributed by atoms with van der Waals surface area (Å²) >= 11 is 0. The minimum Gasteiger partial charge on any atom is -0.278 e. The monoisotopic (exact) mass is 291 g/mol. The Morgan fingerprint density at radius 3 is 2.41 bits per heavy atom. The minimum absolute atomic E-state index is 0.0691. The van der Waals surface area contributed by atoms with E-state index in [2.05, 4.69) is 16.6 Å². The molecule has 1 N–H and O–H groups in total. The molecule has 0 fully saturated rings. The molecule has 22 heavy (non-hydrogen) atoms. The molecule has 0 saturated carbocycles. The molecule has 0 aromatic heterocycles. The second-order valence-corrected chi connectivity index (χ2v) is 4.78. The molecule has 0 aliphatic heterocycles. The van der Waals surface area contributed by atoms with E-state index in [4.69, 9.17) is 0 Å². The number of hydrazone groups is 1. The van der Waals surface area contributed by atoms with E-state index in [0.29, 0.717) is 0 Å². The molecule has 0 saturated heterocycles. The van der Waals surface area contributed by atoms with Crippen molar-refractivity contribution in [2.45, 2.75) is 0 Å². The van der Waals surface area contributed by atoms with Gasteiger partial charge in [-0.1, -0.05) is 30.3 Å². The van der Waals surface area contributed by atoms with Crippen LogP contribution in [0.15, 0.2) is 71.8 Å². The highest BCUT2D eigenvalue weighted by atomic mass is 16.6. The maximum Gasteiger partial charge on any atom is 0.269 e. The number of nitro benzene ring substituents is 1. The van der Waals surface area contributed by atoms with Crippen molar-refractivity contribution in [1.82, 2.24) is 0 Å². The van der Waals surface area contributed by atoms with Gasteiger partial charge in [0.05, 0.1) is 16.8 Å². The average molecular weight is 291 g/mol. The quantitative estimate of drug-likeness (QED) is 0.445. The second-order valence-electron chi connectivity index (χ2n) is 4.78. The van der Waals surface area contributed by atoms with Gasteiger partial charge in [-0.05, 0) is 40.6 Å². The fourth-order valence-electron chi connectivity index (χ4n) is 2.12. The van der Waals surface area contributed by atoms with Crippen LogP contribution in [-0.2, 0) is 0 Å². The predicted octanol–water partition coefficient (Wildman–Crippen LogP) is 4.19. The molecule has 0 radical (unpaired) electrons. The Labute approximate surface area is 127 Å². The maximum absolute atomic E-state index is 10.6. The van der Waals surface area contributed by atoms with Crippen molar-refractivity contribution in [3.05, 3.63) is 82.4 Å². The van der Waals surface area contributed by atoms with E-state index in [0.717, 1.165) is 16.6 Å². The van der Waals surface area contributed by atoms with Gasteiger partial charge in [0.15, 0.2) is 0 Å². The molecule has 0 bridgehead atoms. The molecule has 3 aromatic rings. The molecule has 0 aliphatic rings. The Morgan fingerprint density at radius 1 is 0.955 bits per heavy atom. The smallest absolute Gasteiger partial charge is 0.269 e. The van der Waals surface area contributed by atoms with Crippen LogP contribution in [0.2, 0.25) is 0 Å². The van der Waals surface area contributed by atoms with Crippen LogP contribution < -0.4 is 5.43 Å². The van der Waals surface area contributed by atoms with E-state index >= 15 is 0 Å². The number of benzene rings is 3. The number of hydrogen-bond acceptors (Lipinski definition) is 4. The molecule has 0 amide bonds. The van der Waals surface area contributed by atoms with Crippen molar-refractivity contribution in [1.29, 1.82) is 0 Å². The second kappa shape index (κ2) is 6.05. The van der Waals surface area contributed by atoms with Crippen molar-refractivity contribution >= 4 is 28.4 Å². The van der Waals surface area contributed by atoms with Gasteiger partial charge in [-0.2, -0.15) is 5.10 Å². The number of fused-ring (bicyclic) bond motifs is 1. The first-order valence-electron chi connectivity index (χ1n) is 6.75. The number of hydrogen-bond donors (Lipinski definition) is 1. The zero-order chi connectivity index (χ0) is 15.4. The van der Waals surface area contributed by atoms with Crippen LogP contribution in [0, 0.1) is 10.1 Å². The van der Waals surface area contributed by atoms with Crippen LogP contribution in [0.3, 0.4) is 0 Å². The lowest BCUT2D eigenvalue weighted by molar-refractivity contribution is -0.384. The fourth-order valence-corrected chi connectivity index (χ4v) is 2.12. The number of rotatable bonds is 4. The summed E-state index contributed by atoms with van der Waals surface area (Å²) in [6.45, 7) is 0. The molecule has 0 spiro atoms. The largest absolute Gasteiger partial charge is 0.278 e. The van der Waals surface area contributed by atoms with Gasteiger partial charge in [0.1, 0.15) is 0 Å². The first-order chi connectivity index (χ1) is 10.7. The van der Waals surface area contributed by atoms with Crippen LogP contribution in [0.5, 0.6) is 0 Å². The van der Waals surface area contributed by atoms with Crippen LogP contribution >= 0.6 is 0 Å². The molecule has 0 aliphatic carbocycles. The Morgan fingerprint density at radius 2 is 1.68 bits per heavy atom. The summed E-state index contributed by atoms with van der Waals surface area (Å²) in [6, 6.07) is 20.3. The highest BCUT2D eigenvalue weighted by molar-refractivity contribution is 5.86. The first kappa shape index (κ1) is 13.8. The normalized spacial score (nSPS) is 10.9. The summed E-state index contributed by atoms with van der Waals surface area (Å²) in [6.07, 6.45) is 1.62. The van der Waals surface area contributed by atoms with Crippen LogP contribution in [-0.4, -0.2) is 11.1 Å². The van der Waals surface area contributed by atoms with E-state index in [1.165, 1.54) is 17.5 Å². The SMILES string of the molecule is O=[N+]([O-])c1ccc(C=NNc2ccc3ccccc3c2)cc1. The van der Waals surface area contributed by atoms with Crippen LogP contribution in [0.4, 0.5) is 11.4 Å². The lowest BCUT2D eigenvalue weighted by atomic mass is 10.1. The Hall–Kier alpha value is -3.21. The summed E-state index contributed by atoms with van der Waals surface area (Å²) in [7, 11) is 0. The molecule has 3 rings (SSSR count).